The summed E-state index contributed by atoms with van der Waals surface area (Å²) in [5.74, 6) is -0.673. The lowest BCUT2D eigenvalue weighted by molar-refractivity contribution is -0.407. The minimum atomic E-state index is -0.839. The summed E-state index contributed by atoms with van der Waals surface area (Å²) in [6.07, 6.45) is 7.41. The van der Waals surface area contributed by atoms with Crippen molar-refractivity contribution in [2.75, 3.05) is 27.3 Å². The first-order chi connectivity index (χ1) is 15.6. The molecule has 6 fully saturated rings. The first-order valence-corrected chi connectivity index (χ1v) is 12.3. The molecular weight excluding hydrogens is 422 g/mol. The Labute approximate surface area is 195 Å². The van der Waals surface area contributed by atoms with Gasteiger partial charge in [0.25, 0.3) is 0 Å². The number of hydrogen-bond donors (Lipinski definition) is 0. The van der Waals surface area contributed by atoms with Crippen LogP contribution in [0.4, 0.5) is 0 Å². The van der Waals surface area contributed by atoms with Gasteiger partial charge in [-0.05, 0) is 37.2 Å². The van der Waals surface area contributed by atoms with Gasteiger partial charge in [0.1, 0.15) is 23.9 Å². The molecule has 0 aromatic rings. The van der Waals surface area contributed by atoms with Crippen LogP contribution >= 0.6 is 0 Å². The Kier molecular flexibility index (Phi) is 4.29. The maximum Gasteiger partial charge on any atom is 0.303 e. The van der Waals surface area contributed by atoms with E-state index < -0.39 is 28.5 Å². The monoisotopic (exact) mass is 457 g/mol. The summed E-state index contributed by atoms with van der Waals surface area (Å²) in [6, 6.07) is 0. The SMILES string of the molecule is C=C1CC[C@@]23OCC(=O)N(C)C[C@@]12C[C@@H](OC(C)=O)[C@]12OC4(OC)CC[C@@]1(C)[C@H](CC=C32)C4. The number of methoxy groups -OCH3 is 1. The van der Waals surface area contributed by atoms with Gasteiger partial charge in [0.15, 0.2) is 5.79 Å². The molecule has 1 unspecified atom stereocenters. The van der Waals surface area contributed by atoms with Crippen LogP contribution in [0.15, 0.2) is 23.8 Å². The lowest BCUT2D eigenvalue weighted by atomic mass is 9.41. The lowest BCUT2D eigenvalue weighted by Crippen LogP contribution is -2.79. The van der Waals surface area contributed by atoms with E-state index in [1.54, 1.807) is 12.0 Å². The van der Waals surface area contributed by atoms with Crippen molar-refractivity contribution >= 4 is 11.9 Å². The van der Waals surface area contributed by atoms with Crippen LogP contribution in [0.25, 0.3) is 0 Å². The number of carbonyl (C=O) groups excluding carboxylic acids is 2. The van der Waals surface area contributed by atoms with Crippen molar-refractivity contribution in [2.24, 2.45) is 16.7 Å². The van der Waals surface area contributed by atoms with Gasteiger partial charge in [-0.2, -0.15) is 0 Å². The average Bonchev–Trinajstić information content (AvgIpc) is 2.97. The van der Waals surface area contributed by atoms with E-state index in [4.69, 9.17) is 18.9 Å². The van der Waals surface area contributed by atoms with Gasteiger partial charge in [-0.25, -0.2) is 0 Å². The number of likely N-dealkylation sites (N-methyl/N-ethyl adjacent to an activating group) is 1. The molecule has 7 atom stereocenters. The average molecular weight is 458 g/mol. The summed E-state index contributed by atoms with van der Waals surface area (Å²) in [7, 11) is 3.56. The number of amides is 1. The van der Waals surface area contributed by atoms with Crippen molar-refractivity contribution in [3.8, 4) is 0 Å². The fraction of sp³-hybridized carbons (Fsp3) is 0.769. The molecule has 4 bridgehead atoms. The molecule has 0 aromatic carbocycles. The highest BCUT2D eigenvalue weighted by Crippen LogP contribution is 2.75. The zero-order valence-electron chi connectivity index (χ0n) is 20.2. The zero-order chi connectivity index (χ0) is 23.4. The molecule has 3 saturated heterocycles. The van der Waals surface area contributed by atoms with E-state index in [2.05, 4.69) is 19.6 Å². The van der Waals surface area contributed by atoms with Crippen molar-refractivity contribution in [2.45, 2.75) is 81.9 Å². The molecule has 180 valence electrons. The summed E-state index contributed by atoms with van der Waals surface area (Å²) >= 11 is 0. The van der Waals surface area contributed by atoms with E-state index in [0.717, 1.165) is 49.7 Å². The first kappa shape index (κ1) is 21.8. The molecule has 7 rings (SSSR count). The molecule has 7 heteroatoms. The standard InChI is InChI=1S/C26H35NO6/c1-16-8-9-25-19-7-6-18-12-24(30-5)11-10-22(18,3)26(19,33-24)20(32-17(2)28)13-23(16,25)15-27(4)21(29)14-31-25/h7,18,20H,1,6,8-15H2,2-5H3/t18-,20-,22+,23+,24?,25+,26+/m1/s1. The van der Waals surface area contributed by atoms with Crippen molar-refractivity contribution in [1.29, 1.82) is 0 Å². The van der Waals surface area contributed by atoms with E-state index >= 15 is 0 Å². The number of hydrogen-bond acceptors (Lipinski definition) is 6. The summed E-state index contributed by atoms with van der Waals surface area (Å²) in [5, 5.41) is 0. The highest BCUT2D eigenvalue weighted by atomic mass is 16.7. The number of rotatable bonds is 2. The molecule has 3 heterocycles. The van der Waals surface area contributed by atoms with Crippen LogP contribution in [-0.2, 0) is 28.5 Å². The molecule has 7 aliphatic rings. The van der Waals surface area contributed by atoms with Crippen molar-refractivity contribution in [3.05, 3.63) is 23.8 Å². The van der Waals surface area contributed by atoms with E-state index in [9.17, 15) is 9.59 Å². The zero-order valence-corrected chi connectivity index (χ0v) is 20.2. The van der Waals surface area contributed by atoms with E-state index in [1.807, 2.05) is 7.05 Å². The van der Waals surface area contributed by atoms with Gasteiger partial charge in [-0.3, -0.25) is 9.59 Å². The van der Waals surface area contributed by atoms with Crippen molar-refractivity contribution in [3.63, 3.8) is 0 Å². The summed E-state index contributed by atoms with van der Waals surface area (Å²) in [6.45, 7) is 8.80. The van der Waals surface area contributed by atoms with Gasteiger partial charge in [-0.1, -0.05) is 25.2 Å². The summed E-state index contributed by atoms with van der Waals surface area (Å²) in [5.41, 5.74) is -0.126. The molecule has 1 amide bonds. The smallest absolute Gasteiger partial charge is 0.303 e. The first-order valence-electron chi connectivity index (χ1n) is 12.3. The summed E-state index contributed by atoms with van der Waals surface area (Å²) in [4.78, 5) is 27.1. The quantitative estimate of drug-likeness (QED) is 0.469. The maximum absolute atomic E-state index is 12.8. The Morgan fingerprint density at radius 3 is 2.79 bits per heavy atom. The Hall–Kier alpha value is -1.70. The van der Waals surface area contributed by atoms with Gasteiger partial charge in [-0.15, -0.1) is 0 Å². The minimum absolute atomic E-state index is 0.0316. The predicted molar refractivity (Wildman–Crippen MR) is 119 cm³/mol. The molecule has 4 aliphatic carbocycles. The normalized spacial score (nSPS) is 50.2. The fourth-order valence-corrected chi connectivity index (χ4v) is 8.72. The third-order valence-corrected chi connectivity index (χ3v) is 10.4. The van der Waals surface area contributed by atoms with E-state index in [1.165, 1.54) is 6.92 Å². The number of allylic oxidation sites excluding steroid dienone is 1. The number of nitrogens with zero attached hydrogens (tertiary/aromatic N) is 1. The highest BCUT2D eigenvalue weighted by Gasteiger charge is 2.80. The van der Waals surface area contributed by atoms with Gasteiger partial charge >= 0.3 is 5.97 Å². The van der Waals surface area contributed by atoms with Gasteiger partial charge < -0.3 is 23.8 Å². The molecule has 1 spiro atoms. The van der Waals surface area contributed by atoms with Crippen LogP contribution in [0.3, 0.4) is 0 Å². The molecule has 0 aromatic heterocycles. The number of fused-ring (bicyclic) bond motifs is 1. The van der Waals surface area contributed by atoms with E-state index in [0.29, 0.717) is 18.9 Å². The largest absolute Gasteiger partial charge is 0.459 e. The number of carbonyl (C=O) groups is 2. The van der Waals surface area contributed by atoms with Gasteiger partial charge in [0, 0.05) is 57.7 Å². The Morgan fingerprint density at radius 2 is 2.06 bits per heavy atom. The number of ether oxygens (including phenoxy) is 4. The van der Waals surface area contributed by atoms with Crippen LogP contribution in [0.5, 0.6) is 0 Å². The molecular formula is C26H35NO6. The molecule has 0 radical (unpaired) electrons. The Bertz CT molecular complexity index is 991. The Balaban J connectivity index is 1.62. The van der Waals surface area contributed by atoms with Crippen LogP contribution < -0.4 is 0 Å². The lowest BCUT2D eigenvalue weighted by Gasteiger charge is -2.73. The third kappa shape index (κ3) is 2.32. The van der Waals surface area contributed by atoms with Crippen LogP contribution in [-0.4, -0.2) is 67.2 Å². The van der Waals surface area contributed by atoms with Gasteiger partial charge in [0.05, 0.1) is 0 Å². The predicted octanol–water partition coefficient (Wildman–Crippen LogP) is 3.13. The molecule has 3 saturated carbocycles. The number of esters is 1. The molecule has 7 nitrogen and oxygen atoms in total. The van der Waals surface area contributed by atoms with Crippen molar-refractivity contribution < 1.29 is 28.5 Å². The fourth-order valence-electron chi connectivity index (χ4n) is 8.72. The molecule has 0 N–H and O–H groups in total. The second-order valence-corrected chi connectivity index (χ2v) is 11.5. The second kappa shape index (κ2) is 6.49. The second-order valence-electron chi connectivity index (χ2n) is 11.5. The Morgan fingerprint density at radius 1 is 1.27 bits per heavy atom. The maximum atomic E-state index is 12.8. The minimum Gasteiger partial charge on any atom is -0.459 e. The van der Waals surface area contributed by atoms with Crippen LogP contribution in [0.2, 0.25) is 0 Å². The molecule has 3 aliphatic heterocycles. The highest BCUT2D eigenvalue weighted by molar-refractivity contribution is 5.78. The van der Waals surface area contributed by atoms with Crippen LogP contribution in [0, 0.1) is 16.7 Å². The molecule has 33 heavy (non-hydrogen) atoms. The summed E-state index contributed by atoms with van der Waals surface area (Å²) < 4.78 is 26.1. The van der Waals surface area contributed by atoms with Gasteiger partial charge in [0.2, 0.25) is 5.91 Å². The van der Waals surface area contributed by atoms with Crippen molar-refractivity contribution in [1.82, 2.24) is 4.90 Å². The third-order valence-electron chi connectivity index (χ3n) is 10.4. The topological polar surface area (TPSA) is 74.3 Å². The van der Waals surface area contributed by atoms with E-state index in [-0.39, 0.29) is 23.9 Å². The van der Waals surface area contributed by atoms with Crippen LogP contribution in [0.1, 0.15) is 58.8 Å².